The lowest BCUT2D eigenvalue weighted by Crippen LogP contribution is -2.05. The summed E-state index contributed by atoms with van der Waals surface area (Å²) in [5.74, 6) is 0. The summed E-state index contributed by atoms with van der Waals surface area (Å²) >= 11 is 6.94. The second-order valence-corrected chi connectivity index (χ2v) is 3.23. The molecule has 0 bridgehead atoms. The number of alkyl halides is 1. The Morgan fingerprint density at radius 2 is 2.73 bits per heavy atom. The van der Waals surface area contributed by atoms with Crippen LogP contribution >= 0.6 is 23.1 Å². The summed E-state index contributed by atoms with van der Waals surface area (Å²) in [6.45, 7) is 0.346. The number of hydrogen-bond acceptors (Lipinski definition) is 4. The smallest absolute Gasteiger partial charge is 0.294 e. The van der Waals surface area contributed by atoms with E-state index < -0.39 is 5.56 Å². The van der Waals surface area contributed by atoms with Gasteiger partial charge in [-0.15, -0.1) is 0 Å². The van der Waals surface area contributed by atoms with E-state index >= 15 is 0 Å². The number of carbonyl (C=O) groups excluding carboxylic acids is 1. The number of hydrogen-bond donors (Lipinski definition) is 0. The van der Waals surface area contributed by atoms with Gasteiger partial charge in [0, 0.05) is 17.5 Å². The SMILES string of the molecule is O=COC(Cl)Cc1ccns1. The van der Waals surface area contributed by atoms with E-state index in [1.807, 2.05) is 6.07 Å². The monoisotopic (exact) mass is 191 g/mol. The molecule has 0 spiro atoms. The highest BCUT2D eigenvalue weighted by Crippen LogP contribution is 2.11. The van der Waals surface area contributed by atoms with E-state index in [4.69, 9.17) is 11.6 Å². The first-order valence-corrected chi connectivity index (χ1v) is 4.16. The number of ether oxygens (including phenoxy) is 1. The summed E-state index contributed by atoms with van der Waals surface area (Å²) in [5, 5.41) is 0. The molecule has 0 saturated heterocycles. The Kier molecular flexibility index (Phi) is 3.32. The van der Waals surface area contributed by atoms with Crippen LogP contribution < -0.4 is 0 Å². The molecule has 0 N–H and O–H groups in total. The summed E-state index contributed by atoms with van der Waals surface area (Å²) in [6, 6.07) is 1.84. The number of nitrogens with zero attached hydrogens (tertiary/aromatic N) is 1. The average Bonchev–Trinajstić information content (AvgIpc) is 2.40. The van der Waals surface area contributed by atoms with Crippen LogP contribution in [0.2, 0.25) is 0 Å². The van der Waals surface area contributed by atoms with Crippen LogP contribution in [0, 0.1) is 0 Å². The molecule has 0 fully saturated rings. The molecular formula is C6H6ClNO2S. The summed E-state index contributed by atoms with van der Waals surface area (Å²) in [6.07, 6.45) is 2.20. The lowest BCUT2D eigenvalue weighted by Gasteiger charge is -2.03. The van der Waals surface area contributed by atoms with Crippen molar-refractivity contribution in [3.8, 4) is 0 Å². The summed E-state index contributed by atoms with van der Waals surface area (Å²) in [7, 11) is 0. The lowest BCUT2D eigenvalue weighted by atomic mass is 10.4. The zero-order chi connectivity index (χ0) is 8.10. The van der Waals surface area contributed by atoms with Crippen LogP contribution in [0.1, 0.15) is 4.88 Å². The number of halogens is 1. The van der Waals surface area contributed by atoms with E-state index in [1.54, 1.807) is 6.20 Å². The third-order valence-corrected chi connectivity index (χ3v) is 2.08. The van der Waals surface area contributed by atoms with Crippen molar-refractivity contribution in [2.24, 2.45) is 0 Å². The molecule has 0 amide bonds. The number of rotatable bonds is 4. The van der Waals surface area contributed by atoms with Gasteiger partial charge >= 0.3 is 0 Å². The maximum atomic E-state index is 9.82. The highest BCUT2D eigenvalue weighted by atomic mass is 35.5. The Balaban J connectivity index is 2.37. The third kappa shape index (κ3) is 2.86. The zero-order valence-electron chi connectivity index (χ0n) is 5.57. The first-order valence-electron chi connectivity index (χ1n) is 2.95. The van der Waals surface area contributed by atoms with Gasteiger partial charge in [-0.3, -0.25) is 4.79 Å². The molecule has 11 heavy (non-hydrogen) atoms. The maximum Gasteiger partial charge on any atom is 0.294 e. The Morgan fingerprint density at radius 3 is 3.27 bits per heavy atom. The molecule has 1 aromatic rings. The van der Waals surface area contributed by atoms with Crippen LogP contribution in [-0.2, 0) is 16.0 Å². The molecule has 0 aliphatic carbocycles. The quantitative estimate of drug-likeness (QED) is 0.534. The van der Waals surface area contributed by atoms with Gasteiger partial charge in [0.2, 0.25) is 0 Å². The molecule has 0 saturated carbocycles. The van der Waals surface area contributed by atoms with Crippen molar-refractivity contribution >= 4 is 29.6 Å². The van der Waals surface area contributed by atoms with Crippen LogP contribution in [0.3, 0.4) is 0 Å². The Labute approximate surface area is 73.1 Å². The van der Waals surface area contributed by atoms with Gasteiger partial charge in [0.1, 0.15) is 0 Å². The standard InChI is InChI=1S/C6H6ClNO2S/c7-6(10-4-9)3-5-1-2-8-11-5/h1-2,4,6H,3H2. The molecule has 0 radical (unpaired) electrons. The molecule has 1 unspecified atom stereocenters. The van der Waals surface area contributed by atoms with Crippen molar-refractivity contribution in [1.29, 1.82) is 0 Å². The molecule has 0 aliphatic heterocycles. The lowest BCUT2D eigenvalue weighted by molar-refractivity contribution is -0.130. The predicted molar refractivity (Wildman–Crippen MR) is 42.6 cm³/mol. The maximum absolute atomic E-state index is 9.82. The Morgan fingerprint density at radius 1 is 1.91 bits per heavy atom. The van der Waals surface area contributed by atoms with Crippen LogP contribution in [0.5, 0.6) is 0 Å². The van der Waals surface area contributed by atoms with Gasteiger partial charge in [-0.1, -0.05) is 11.6 Å². The molecule has 5 heteroatoms. The zero-order valence-corrected chi connectivity index (χ0v) is 7.14. The third-order valence-electron chi connectivity index (χ3n) is 1.06. The first-order chi connectivity index (χ1) is 5.33. The summed E-state index contributed by atoms with van der Waals surface area (Å²) in [4.78, 5) is 10.8. The first kappa shape index (κ1) is 8.49. The summed E-state index contributed by atoms with van der Waals surface area (Å²) < 4.78 is 8.35. The fraction of sp³-hybridized carbons (Fsp3) is 0.333. The van der Waals surface area contributed by atoms with Gasteiger partial charge < -0.3 is 4.74 Å². The normalized spacial score (nSPS) is 12.5. The van der Waals surface area contributed by atoms with Crippen LogP contribution in [-0.4, -0.2) is 16.4 Å². The number of carbonyl (C=O) groups is 1. The van der Waals surface area contributed by atoms with Crippen LogP contribution in [0.4, 0.5) is 0 Å². The van der Waals surface area contributed by atoms with E-state index in [0.29, 0.717) is 12.9 Å². The van der Waals surface area contributed by atoms with Gasteiger partial charge in [0.05, 0.1) is 0 Å². The summed E-state index contributed by atoms with van der Waals surface area (Å²) in [5.41, 5.74) is -0.576. The van der Waals surface area contributed by atoms with Crippen LogP contribution in [0.25, 0.3) is 0 Å². The van der Waals surface area contributed by atoms with Crippen molar-refractivity contribution in [3.63, 3.8) is 0 Å². The van der Waals surface area contributed by atoms with E-state index in [0.717, 1.165) is 4.88 Å². The molecule has 0 aliphatic rings. The predicted octanol–water partition coefficient (Wildman–Crippen LogP) is 1.42. The molecule has 60 valence electrons. The topological polar surface area (TPSA) is 39.2 Å². The molecule has 1 rings (SSSR count). The van der Waals surface area contributed by atoms with Gasteiger partial charge in [-0.05, 0) is 17.6 Å². The molecule has 0 aromatic carbocycles. The second kappa shape index (κ2) is 4.31. The molecular weight excluding hydrogens is 186 g/mol. The van der Waals surface area contributed by atoms with Gasteiger partial charge in [-0.25, -0.2) is 4.37 Å². The van der Waals surface area contributed by atoms with Crippen molar-refractivity contribution in [2.45, 2.75) is 12.0 Å². The highest BCUT2D eigenvalue weighted by molar-refractivity contribution is 7.05. The van der Waals surface area contributed by atoms with E-state index in [9.17, 15) is 4.79 Å². The van der Waals surface area contributed by atoms with Crippen LogP contribution in [0.15, 0.2) is 12.3 Å². The Hall–Kier alpha value is -0.610. The van der Waals surface area contributed by atoms with E-state index in [2.05, 4.69) is 9.11 Å². The van der Waals surface area contributed by atoms with E-state index in [1.165, 1.54) is 11.5 Å². The fourth-order valence-corrected chi connectivity index (χ4v) is 1.52. The molecule has 1 aromatic heterocycles. The average molecular weight is 192 g/mol. The fourth-order valence-electron chi connectivity index (χ4n) is 0.614. The second-order valence-electron chi connectivity index (χ2n) is 1.83. The molecule has 3 nitrogen and oxygen atoms in total. The van der Waals surface area contributed by atoms with Crippen molar-refractivity contribution in [2.75, 3.05) is 0 Å². The highest BCUT2D eigenvalue weighted by Gasteiger charge is 2.06. The molecule has 1 atom stereocenters. The molecule has 1 heterocycles. The number of aromatic nitrogens is 1. The minimum atomic E-state index is -0.576. The minimum absolute atomic E-state index is 0.346. The van der Waals surface area contributed by atoms with Gasteiger partial charge in [0.25, 0.3) is 6.47 Å². The van der Waals surface area contributed by atoms with Gasteiger partial charge in [0.15, 0.2) is 5.56 Å². The largest absolute Gasteiger partial charge is 0.448 e. The van der Waals surface area contributed by atoms with Crippen molar-refractivity contribution in [3.05, 3.63) is 17.1 Å². The van der Waals surface area contributed by atoms with E-state index in [-0.39, 0.29) is 0 Å². The van der Waals surface area contributed by atoms with Crippen molar-refractivity contribution in [1.82, 2.24) is 4.37 Å². The minimum Gasteiger partial charge on any atom is -0.448 e. The van der Waals surface area contributed by atoms with Crippen molar-refractivity contribution < 1.29 is 9.53 Å². The Bertz CT molecular complexity index is 214. The van der Waals surface area contributed by atoms with Gasteiger partial charge in [-0.2, -0.15) is 0 Å².